The number of hydrogen-bond acceptors (Lipinski definition) is 2. The topological polar surface area (TPSA) is 12.0 Å². The molecule has 1 heterocycles. The summed E-state index contributed by atoms with van der Waals surface area (Å²) in [4.78, 5) is 0.439. The van der Waals surface area contributed by atoms with Crippen LogP contribution in [0.15, 0.2) is 0 Å². The molecule has 14 heavy (non-hydrogen) atoms. The zero-order valence-corrected chi connectivity index (χ0v) is 10.5. The largest absolute Gasteiger partial charge is 0.297 e. The standard InChI is InChI=1S/C12H23NS/c1-10-5-4-7-12(8-6-10)13-11(2,3)9-14-12/h10,13H,4-9H2,1-3H3. The Kier molecular flexibility index (Phi) is 2.87. The first-order valence-corrected chi connectivity index (χ1v) is 6.93. The summed E-state index contributed by atoms with van der Waals surface area (Å²) in [6, 6.07) is 0. The minimum atomic E-state index is 0.359. The van der Waals surface area contributed by atoms with Crippen LogP contribution in [0.4, 0.5) is 0 Å². The van der Waals surface area contributed by atoms with E-state index >= 15 is 0 Å². The third-order valence-electron chi connectivity index (χ3n) is 3.59. The van der Waals surface area contributed by atoms with Crippen molar-refractivity contribution in [1.29, 1.82) is 0 Å². The summed E-state index contributed by atoms with van der Waals surface area (Å²) in [7, 11) is 0. The monoisotopic (exact) mass is 213 g/mol. The van der Waals surface area contributed by atoms with Gasteiger partial charge in [0.05, 0.1) is 4.87 Å². The van der Waals surface area contributed by atoms with Crippen LogP contribution in [0.3, 0.4) is 0 Å². The van der Waals surface area contributed by atoms with E-state index in [-0.39, 0.29) is 0 Å². The lowest BCUT2D eigenvalue weighted by atomic mass is 10.0. The molecule has 1 N–H and O–H groups in total. The van der Waals surface area contributed by atoms with Crippen LogP contribution in [0.5, 0.6) is 0 Å². The zero-order chi connectivity index (χ0) is 10.2. The normalized spacial score (nSPS) is 42.6. The lowest BCUT2D eigenvalue weighted by Crippen LogP contribution is -2.46. The van der Waals surface area contributed by atoms with E-state index in [2.05, 4.69) is 37.8 Å². The molecule has 0 bridgehead atoms. The van der Waals surface area contributed by atoms with Crippen LogP contribution >= 0.6 is 11.8 Å². The predicted octanol–water partition coefficient (Wildman–Crippen LogP) is 3.40. The van der Waals surface area contributed by atoms with Crippen LogP contribution in [0, 0.1) is 5.92 Å². The molecular weight excluding hydrogens is 190 g/mol. The summed E-state index contributed by atoms with van der Waals surface area (Å²) in [5, 5.41) is 3.87. The van der Waals surface area contributed by atoms with Crippen LogP contribution < -0.4 is 5.32 Å². The fraction of sp³-hybridized carbons (Fsp3) is 1.00. The Hall–Kier alpha value is 0.310. The maximum absolute atomic E-state index is 3.87. The lowest BCUT2D eigenvalue weighted by molar-refractivity contribution is 0.334. The van der Waals surface area contributed by atoms with Crippen molar-refractivity contribution in [3.8, 4) is 0 Å². The molecule has 2 unspecified atom stereocenters. The van der Waals surface area contributed by atoms with Crippen LogP contribution in [-0.4, -0.2) is 16.2 Å². The van der Waals surface area contributed by atoms with Gasteiger partial charge >= 0.3 is 0 Å². The van der Waals surface area contributed by atoms with Gasteiger partial charge < -0.3 is 0 Å². The number of thioether (sulfide) groups is 1. The van der Waals surface area contributed by atoms with Gasteiger partial charge in [-0.25, -0.2) is 0 Å². The minimum absolute atomic E-state index is 0.359. The molecule has 1 aliphatic heterocycles. The molecule has 0 aromatic carbocycles. The second-order valence-electron chi connectivity index (χ2n) is 5.83. The lowest BCUT2D eigenvalue weighted by Gasteiger charge is -2.30. The van der Waals surface area contributed by atoms with Gasteiger partial charge in [0.15, 0.2) is 0 Å². The Morgan fingerprint density at radius 1 is 1.21 bits per heavy atom. The van der Waals surface area contributed by atoms with E-state index in [0.29, 0.717) is 10.4 Å². The first-order valence-electron chi connectivity index (χ1n) is 5.95. The highest BCUT2D eigenvalue weighted by atomic mass is 32.2. The van der Waals surface area contributed by atoms with Crippen molar-refractivity contribution >= 4 is 11.8 Å². The van der Waals surface area contributed by atoms with E-state index in [1.807, 2.05) is 0 Å². The summed E-state index contributed by atoms with van der Waals surface area (Å²) in [6.07, 6.45) is 7.02. The Labute approximate surface area is 92.4 Å². The van der Waals surface area contributed by atoms with Gasteiger partial charge in [-0.05, 0) is 39.0 Å². The van der Waals surface area contributed by atoms with Crippen LogP contribution in [0.25, 0.3) is 0 Å². The van der Waals surface area contributed by atoms with Gasteiger partial charge in [0.2, 0.25) is 0 Å². The molecule has 2 heteroatoms. The maximum Gasteiger partial charge on any atom is 0.0650 e. The molecule has 0 aromatic heterocycles. The van der Waals surface area contributed by atoms with Crippen molar-refractivity contribution in [2.45, 2.75) is 63.3 Å². The molecule has 1 saturated carbocycles. The smallest absolute Gasteiger partial charge is 0.0650 e. The SMILES string of the molecule is CC1CCCC2(CC1)NC(C)(C)CS2. The van der Waals surface area contributed by atoms with Gasteiger partial charge in [-0.15, -0.1) is 11.8 Å². The molecule has 1 aliphatic carbocycles. The molecule has 1 nitrogen and oxygen atoms in total. The molecule has 0 aromatic rings. The zero-order valence-electron chi connectivity index (χ0n) is 9.73. The van der Waals surface area contributed by atoms with E-state index in [1.165, 1.54) is 37.9 Å². The van der Waals surface area contributed by atoms with Crippen molar-refractivity contribution < 1.29 is 0 Å². The Balaban J connectivity index is 2.02. The van der Waals surface area contributed by atoms with Crippen molar-refractivity contribution in [3.63, 3.8) is 0 Å². The molecule has 1 spiro atoms. The number of rotatable bonds is 0. The van der Waals surface area contributed by atoms with Crippen LogP contribution in [0.2, 0.25) is 0 Å². The molecular formula is C12H23NS. The summed E-state index contributed by atoms with van der Waals surface area (Å²) < 4.78 is 0. The molecule has 2 aliphatic rings. The van der Waals surface area contributed by atoms with E-state index in [1.54, 1.807) is 0 Å². The Bertz CT molecular complexity index is 214. The average molecular weight is 213 g/mol. The Morgan fingerprint density at radius 3 is 2.64 bits per heavy atom. The second kappa shape index (κ2) is 3.71. The number of nitrogens with one attached hydrogen (secondary N) is 1. The van der Waals surface area contributed by atoms with Gasteiger partial charge in [0.25, 0.3) is 0 Å². The maximum atomic E-state index is 3.87. The highest BCUT2D eigenvalue weighted by Gasteiger charge is 2.43. The summed E-state index contributed by atoms with van der Waals surface area (Å²) in [5.41, 5.74) is 0.359. The Morgan fingerprint density at radius 2 is 2.00 bits per heavy atom. The van der Waals surface area contributed by atoms with E-state index in [9.17, 15) is 0 Å². The van der Waals surface area contributed by atoms with Crippen molar-refractivity contribution in [1.82, 2.24) is 5.32 Å². The molecule has 1 saturated heterocycles. The third-order valence-corrected chi connectivity index (χ3v) is 5.52. The van der Waals surface area contributed by atoms with E-state index < -0.39 is 0 Å². The summed E-state index contributed by atoms with van der Waals surface area (Å²) in [6.45, 7) is 7.08. The quantitative estimate of drug-likeness (QED) is 0.662. The molecule has 0 amide bonds. The molecule has 2 fully saturated rings. The molecule has 82 valence electrons. The third kappa shape index (κ3) is 2.27. The summed E-state index contributed by atoms with van der Waals surface area (Å²) in [5.74, 6) is 2.22. The predicted molar refractivity (Wildman–Crippen MR) is 64.7 cm³/mol. The first-order chi connectivity index (χ1) is 6.52. The average Bonchev–Trinajstić information content (AvgIpc) is 2.27. The molecule has 2 atom stereocenters. The fourth-order valence-electron chi connectivity index (χ4n) is 2.76. The molecule has 0 radical (unpaired) electrons. The van der Waals surface area contributed by atoms with Gasteiger partial charge in [0, 0.05) is 11.3 Å². The van der Waals surface area contributed by atoms with Gasteiger partial charge in [-0.1, -0.05) is 19.8 Å². The van der Waals surface area contributed by atoms with Gasteiger partial charge in [-0.2, -0.15) is 0 Å². The van der Waals surface area contributed by atoms with Crippen LogP contribution in [0.1, 0.15) is 52.9 Å². The van der Waals surface area contributed by atoms with E-state index in [0.717, 1.165) is 5.92 Å². The van der Waals surface area contributed by atoms with Crippen molar-refractivity contribution in [2.24, 2.45) is 5.92 Å². The fourth-order valence-corrected chi connectivity index (χ4v) is 4.37. The van der Waals surface area contributed by atoms with Crippen molar-refractivity contribution in [3.05, 3.63) is 0 Å². The minimum Gasteiger partial charge on any atom is -0.297 e. The summed E-state index contributed by atoms with van der Waals surface area (Å²) >= 11 is 2.18. The van der Waals surface area contributed by atoms with E-state index in [4.69, 9.17) is 0 Å². The molecule has 2 rings (SSSR count). The van der Waals surface area contributed by atoms with Crippen molar-refractivity contribution in [2.75, 3.05) is 5.75 Å². The highest BCUT2D eigenvalue weighted by Crippen LogP contribution is 2.45. The number of hydrogen-bond donors (Lipinski definition) is 1. The first kappa shape index (κ1) is 10.8. The second-order valence-corrected chi connectivity index (χ2v) is 7.19. The van der Waals surface area contributed by atoms with Gasteiger partial charge in [-0.3, -0.25) is 5.32 Å². The van der Waals surface area contributed by atoms with Crippen LogP contribution in [-0.2, 0) is 0 Å². The van der Waals surface area contributed by atoms with Gasteiger partial charge in [0.1, 0.15) is 0 Å². The highest BCUT2D eigenvalue weighted by molar-refractivity contribution is 8.00.